The summed E-state index contributed by atoms with van der Waals surface area (Å²) >= 11 is 7.46. The number of carbonyl (C=O) groups is 2. The molecule has 0 N–H and O–H groups in total. The summed E-state index contributed by atoms with van der Waals surface area (Å²) in [4.78, 5) is 22.4. The maximum atomic E-state index is 11.5. The molecule has 0 saturated heterocycles. The van der Waals surface area contributed by atoms with E-state index in [9.17, 15) is 9.59 Å². The third kappa shape index (κ3) is 2.49. The molecule has 0 saturated carbocycles. The second-order valence-corrected chi connectivity index (χ2v) is 4.14. The molecule has 0 aliphatic carbocycles. The maximum Gasteiger partial charge on any atom is 0.179 e. The standard InChI is InChI=1S/C10H8ClIO3/c1-15-9-3-2-7(12)10(6(9)5-13)8(14)4-11/h2-3,5H,4H2,1H3. The number of alkyl halides is 1. The van der Waals surface area contributed by atoms with Crippen LogP contribution in [-0.4, -0.2) is 25.1 Å². The number of ketones is 1. The minimum atomic E-state index is -0.276. The van der Waals surface area contributed by atoms with E-state index < -0.39 is 0 Å². The molecule has 5 heteroatoms. The van der Waals surface area contributed by atoms with Crippen LogP contribution in [0.3, 0.4) is 0 Å². The van der Waals surface area contributed by atoms with E-state index in [0.717, 1.165) is 0 Å². The van der Waals surface area contributed by atoms with Gasteiger partial charge in [0.25, 0.3) is 0 Å². The Morgan fingerprint density at radius 3 is 2.73 bits per heavy atom. The Bertz CT molecular complexity index is 404. The average molecular weight is 339 g/mol. The molecule has 80 valence electrons. The van der Waals surface area contributed by atoms with Crippen LogP contribution in [0.2, 0.25) is 0 Å². The number of Topliss-reactive ketones (excluding diaryl/α,β-unsaturated/α-hetero) is 1. The molecule has 0 aliphatic rings. The molecule has 0 unspecified atom stereocenters. The highest BCUT2D eigenvalue weighted by Crippen LogP contribution is 2.25. The Hall–Kier alpha value is -0.620. The number of ether oxygens (including phenoxy) is 1. The Labute approximate surface area is 106 Å². The summed E-state index contributed by atoms with van der Waals surface area (Å²) in [5.74, 6) is -0.0368. The first kappa shape index (κ1) is 12.4. The van der Waals surface area contributed by atoms with Gasteiger partial charge < -0.3 is 4.74 Å². The zero-order valence-corrected chi connectivity index (χ0v) is 10.8. The normalized spacial score (nSPS) is 9.80. The lowest BCUT2D eigenvalue weighted by Crippen LogP contribution is -2.09. The van der Waals surface area contributed by atoms with E-state index >= 15 is 0 Å². The van der Waals surface area contributed by atoms with E-state index in [1.807, 2.05) is 22.6 Å². The average Bonchev–Trinajstić information content (AvgIpc) is 2.27. The molecule has 0 radical (unpaired) electrons. The zero-order valence-electron chi connectivity index (χ0n) is 7.92. The van der Waals surface area contributed by atoms with Gasteiger partial charge in [0.2, 0.25) is 0 Å². The third-order valence-electron chi connectivity index (χ3n) is 1.89. The van der Waals surface area contributed by atoms with Crippen molar-refractivity contribution in [3.05, 3.63) is 26.8 Å². The van der Waals surface area contributed by atoms with E-state index in [1.54, 1.807) is 12.1 Å². The van der Waals surface area contributed by atoms with Crippen molar-refractivity contribution in [3.8, 4) is 5.75 Å². The summed E-state index contributed by atoms with van der Waals surface area (Å²) in [7, 11) is 1.45. The predicted molar refractivity (Wildman–Crippen MR) is 66.1 cm³/mol. The van der Waals surface area contributed by atoms with E-state index in [0.29, 0.717) is 21.2 Å². The van der Waals surface area contributed by atoms with Crippen molar-refractivity contribution in [1.82, 2.24) is 0 Å². The monoisotopic (exact) mass is 338 g/mol. The molecule has 1 aromatic carbocycles. The summed E-state index contributed by atoms with van der Waals surface area (Å²) in [6, 6.07) is 3.36. The molecular weight excluding hydrogens is 330 g/mol. The summed E-state index contributed by atoms with van der Waals surface area (Å²) in [6.45, 7) is 0. The van der Waals surface area contributed by atoms with Crippen molar-refractivity contribution >= 4 is 46.3 Å². The van der Waals surface area contributed by atoms with Crippen LogP contribution in [0.5, 0.6) is 5.75 Å². The molecule has 0 amide bonds. The minimum Gasteiger partial charge on any atom is -0.496 e. The van der Waals surface area contributed by atoms with E-state index in [1.165, 1.54) is 7.11 Å². The molecule has 15 heavy (non-hydrogen) atoms. The summed E-state index contributed by atoms with van der Waals surface area (Å²) in [5, 5.41) is 0. The van der Waals surface area contributed by atoms with Crippen LogP contribution in [0.15, 0.2) is 12.1 Å². The number of hydrogen-bond acceptors (Lipinski definition) is 3. The smallest absolute Gasteiger partial charge is 0.179 e. The number of aldehydes is 1. The van der Waals surface area contributed by atoms with Crippen molar-refractivity contribution in [2.45, 2.75) is 0 Å². The highest BCUT2D eigenvalue weighted by Gasteiger charge is 2.17. The van der Waals surface area contributed by atoms with Crippen LogP contribution in [0, 0.1) is 3.57 Å². The van der Waals surface area contributed by atoms with Crippen LogP contribution < -0.4 is 4.74 Å². The molecule has 0 aromatic heterocycles. The highest BCUT2D eigenvalue weighted by molar-refractivity contribution is 14.1. The minimum absolute atomic E-state index is 0.149. The topological polar surface area (TPSA) is 43.4 Å². The van der Waals surface area contributed by atoms with Gasteiger partial charge in [-0.15, -0.1) is 11.6 Å². The Kier molecular flexibility index (Phi) is 4.53. The van der Waals surface area contributed by atoms with Gasteiger partial charge in [-0.25, -0.2) is 0 Å². The van der Waals surface area contributed by atoms with Crippen LogP contribution in [0.25, 0.3) is 0 Å². The molecule has 1 aromatic rings. The van der Waals surface area contributed by atoms with Gasteiger partial charge in [-0.3, -0.25) is 9.59 Å². The Morgan fingerprint density at radius 1 is 1.60 bits per heavy atom. The number of benzene rings is 1. The first-order valence-electron chi connectivity index (χ1n) is 4.06. The lowest BCUT2D eigenvalue weighted by atomic mass is 10.0. The van der Waals surface area contributed by atoms with E-state index in [4.69, 9.17) is 16.3 Å². The summed E-state index contributed by atoms with van der Waals surface area (Å²) in [6.07, 6.45) is 0.612. The highest BCUT2D eigenvalue weighted by atomic mass is 127. The van der Waals surface area contributed by atoms with Gasteiger partial charge >= 0.3 is 0 Å². The third-order valence-corrected chi connectivity index (χ3v) is 3.03. The predicted octanol–water partition coefficient (Wildman–Crippen LogP) is 2.53. The Morgan fingerprint density at radius 2 is 2.27 bits per heavy atom. The first-order valence-corrected chi connectivity index (χ1v) is 5.67. The van der Waals surface area contributed by atoms with Gasteiger partial charge in [0, 0.05) is 9.13 Å². The van der Waals surface area contributed by atoms with Gasteiger partial charge in [0.1, 0.15) is 5.75 Å². The molecule has 3 nitrogen and oxygen atoms in total. The number of rotatable bonds is 4. The van der Waals surface area contributed by atoms with Gasteiger partial charge in [0.15, 0.2) is 12.1 Å². The molecule has 1 rings (SSSR count). The molecule has 0 fully saturated rings. The molecular formula is C10H8ClIO3. The largest absolute Gasteiger partial charge is 0.496 e. The van der Waals surface area contributed by atoms with Gasteiger partial charge in [-0.1, -0.05) is 0 Å². The fourth-order valence-corrected chi connectivity index (χ4v) is 2.12. The van der Waals surface area contributed by atoms with Crippen LogP contribution in [0.4, 0.5) is 0 Å². The van der Waals surface area contributed by atoms with Crippen molar-refractivity contribution in [3.63, 3.8) is 0 Å². The number of methoxy groups -OCH3 is 1. The quantitative estimate of drug-likeness (QED) is 0.367. The van der Waals surface area contributed by atoms with E-state index in [2.05, 4.69) is 0 Å². The molecule has 0 heterocycles. The van der Waals surface area contributed by atoms with Crippen LogP contribution in [0.1, 0.15) is 20.7 Å². The fourth-order valence-electron chi connectivity index (χ4n) is 1.22. The van der Waals surface area contributed by atoms with Gasteiger partial charge in [-0.05, 0) is 34.7 Å². The lowest BCUT2D eigenvalue weighted by Gasteiger charge is -2.09. The van der Waals surface area contributed by atoms with Crippen molar-refractivity contribution in [1.29, 1.82) is 0 Å². The van der Waals surface area contributed by atoms with Crippen LogP contribution in [-0.2, 0) is 0 Å². The second-order valence-electron chi connectivity index (χ2n) is 2.71. The zero-order chi connectivity index (χ0) is 11.4. The maximum absolute atomic E-state index is 11.5. The fraction of sp³-hybridized carbons (Fsp3) is 0.200. The molecule has 0 aliphatic heterocycles. The Balaban J connectivity index is 3.45. The SMILES string of the molecule is COc1ccc(I)c(C(=O)CCl)c1C=O. The first-order chi connectivity index (χ1) is 7.15. The van der Waals surface area contributed by atoms with Crippen molar-refractivity contribution in [2.75, 3.05) is 13.0 Å². The summed E-state index contributed by atoms with van der Waals surface area (Å²) in [5.41, 5.74) is 0.593. The molecule has 0 atom stereocenters. The van der Waals surface area contributed by atoms with Crippen molar-refractivity contribution in [2.24, 2.45) is 0 Å². The van der Waals surface area contributed by atoms with Gasteiger partial charge in [-0.2, -0.15) is 0 Å². The van der Waals surface area contributed by atoms with Crippen LogP contribution >= 0.6 is 34.2 Å². The number of halogens is 2. The van der Waals surface area contributed by atoms with E-state index in [-0.39, 0.29) is 17.2 Å². The lowest BCUT2D eigenvalue weighted by molar-refractivity contribution is 0.101. The summed E-state index contributed by atoms with van der Waals surface area (Å²) < 4.78 is 5.69. The van der Waals surface area contributed by atoms with Gasteiger partial charge in [0.05, 0.1) is 18.6 Å². The second kappa shape index (κ2) is 5.46. The molecule has 0 spiro atoms. The van der Waals surface area contributed by atoms with Crippen molar-refractivity contribution < 1.29 is 14.3 Å². The number of hydrogen-bond donors (Lipinski definition) is 0. The molecule has 0 bridgehead atoms. The number of carbonyl (C=O) groups excluding carboxylic acids is 2.